The molecular formula is C17H15BrN4O2. The smallest absolute Gasteiger partial charge is 0.263 e. The molecule has 1 amide bonds. The average Bonchev–Trinajstić information content (AvgIpc) is 2.58. The molecule has 0 saturated heterocycles. The van der Waals surface area contributed by atoms with Gasteiger partial charge < -0.3 is 15.6 Å². The van der Waals surface area contributed by atoms with Crippen LogP contribution in [0.15, 0.2) is 58.1 Å². The molecule has 0 saturated carbocycles. The SMILES string of the molecule is NCCn1cc(Br)cc(C(=O)Nc2cc3ccccc3cn2)c1=O. The van der Waals surface area contributed by atoms with E-state index in [1.807, 2.05) is 24.3 Å². The molecule has 0 aliphatic carbocycles. The van der Waals surface area contributed by atoms with Gasteiger partial charge in [-0.3, -0.25) is 9.59 Å². The molecule has 1 aromatic carbocycles. The van der Waals surface area contributed by atoms with E-state index in [0.717, 1.165) is 10.8 Å². The van der Waals surface area contributed by atoms with E-state index in [1.165, 1.54) is 10.6 Å². The van der Waals surface area contributed by atoms with Crippen molar-refractivity contribution in [2.75, 3.05) is 11.9 Å². The van der Waals surface area contributed by atoms with Crippen molar-refractivity contribution in [2.45, 2.75) is 6.54 Å². The lowest BCUT2D eigenvalue weighted by atomic mass is 10.2. The number of aromatic nitrogens is 2. The highest BCUT2D eigenvalue weighted by atomic mass is 79.9. The van der Waals surface area contributed by atoms with Crippen molar-refractivity contribution in [2.24, 2.45) is 5.73 Å². The summed E-state index contributed by atoms with van der Waals surface area (Å²) in [5.41, 5.74) is 5.14. The van der Waals surface area contributed by atoms with Crippen LogP contribution in [0, 0.1) is 0 Å². The monoisotopic (exact) mass is 386 g/mol. The Morgan fingerprint density at radius 1 is 1.25 bits per heavy atom. The topological polar surface area (TPSA) is 90.0 Å². The number of rotatable bonds is 4. The zero-order valence-electron chi connectivity index (χ0n) is 12.7. The van der Waals surface area contributed by atoms with E-state index in [2.05, 4.69) is 26.2 Å². The molecule has 24 heavy (non-hydrogen) atoms. The van der Waals surface area contributed by atoms with Gasteiger partial charge >= 0.3 is 0 Å². The number of nitrogens with zero attached hydrogens (tertiary/aromatic N) is 2. The van der Waals surface area contributed by atoms with E-state index >= 15 is 0 Å². The van der Waals surface area contributed by atoms with Crippen LogP contribution in [0.25, 0.3) is 10.8 Å². The molecule has 0 atom stereocenters. The van der Waals surface area contributed by atoms with Crippen molar-refractivity contribution < 1.29 is 4.79 Å². The summed E-state index contributed by atoms with van der Waals surface area (Å²) in [4.78, 5) is 29.0. The molecule has 3 N–H and O–H groups in total. The van der Waals surface area contributed by atoms with Gasteiger partial charge in [0.2, 0.25) is 0 Å². The van der Waals surface area contributed by atoms with Crippen LogP contribution in [-0.2, 0) is 6.54 Å². The number of carbonyl (C=O) groups is 1. The fourth-order valence-corrected chi connectivity index (χ4v) is 2.88. The number of carbonyl (C=O) groups excluding carboxylic acids is 1. The number of hydrogen-bond donors (Lipinski definition) is 2. The Hall–Kier alpha value is -2.51. The highest BCUT2D eigenvalue weighted by Gasteiger charge is 2.14. The Morgan fingerprint density at radius 2 is 2.00 bits per heavy atom. The van der Waals surface area contributed by atoms with E-state index in [1.54, 1.807) is 18.5 Å². The van der Waals surface area contributed by atoms with Crippen LogP contribution in [0.5, 0.6) is 0 Å². The summed E-state index contributed by atoms with van der Waals surface area (Å²) < 4.78 is 2.04. The van der Waals surface area contributed by atoms with Gasteiger partial charge in [-0.05, 0) is 33.4 Å². The minimum absolute atomic E-state index is 0.0350. The average molecular weight is 387 g/mol. The lowest BCUT2D eigenvalue weighted by molar-refractivity contribution is 0.102. The molecule has 0 radical (unpaired) electrons. The quantitative estimate of drug-likeness (QED) is 0.719. The highest BCUT2D eigenvalue weighted by molar-refractivity contribution is 9.10. The van der Waals surface area contributed by atoms with E-state index in [-0.39, 0.29) is 11.1 Å². The molecule has 3 aromatic rings. The van der Waals surface area contributed by atoms with Gasteiger partial charge in [-0.2, -0.15) is 0 Å². The molecule has 2 aromatic heterocycles. The number of pyridine rings is 2. The first kappa shape index (κ1) is 16.4. The van der Waals surface area contributed by atoms with E-state index in [9.17, 15) is 9.59 Å². The third-order valence-electron chi connectivity index (χ3n) is 3.54. The number of hydrogen-bond acceptors (Lipinski definition) is 4. The van der Waals surface area contributed by atoms with Crippen molar-refractivity contribution >= 4 is 38.4 Å². The van der Waals surface area contributed by atoms with Gasteiger partial charge in [-0.1, -0.05) is 24.3 Å². The molecule has 7 heteroatoms. The van der Waals surface area contributed by atoms with Crippen molar-refractivity contribution in [3.63, 3.8) is 0 Å². The number of amides is 1. The first-order valence-corrected chi connectivity index (χ1v) is 8.14. The fraction of sp³-hybridized carbons (Fsp3) is 0.118. The van der Waals surface area contributed by atoms with E-state index in [4.69, 9.17) is 5.73 Å². The second kappa shape index (κ2) is 6.94. The van der Waals surface area contributed by atoms with Crippen LogP contribution in [0.4, 0.5) is 5.82 Å². The summed E-state index contributed by atoms with van der Waals surface area (Å²) in [5.74, 6) is -0.113. The minimum atomic E-state index is -0.505. The summed E-state index contributed by atoms with van der Waals surface area (Å²) in [7, 11) is 0. The van der Waals surface area contributed by atoms with Gasteiger partial charge in [-0.15, -0.1) is 0 Å². The molecule has 2 heterocycles. The molecule has 0 aliphatic rings. The lowest BCUT2D eigenvalue weighted by Crippen LogP contribution is -2.30. The van der Waals surface area contributed by atoms with Crippen molar-refractivity contribution in [3.8, 4) is 0 Å². The Balaban J connectivity index is 1.92. The molecule has 3 rings (SSSR count). The molecule has 122 valence electrons. The van der Waals surface area contributed by atoms with Crippen LogP contribution in [-0.4, -0.2) is 22.0 Å². The Kier molecular flexibility index (Phi) is 4.73. The molecular weight excluding hydrogens is 372 g/mol. The molecule has 0 unspecified atom stereocenters. The van der Waals surface area contributed by atoms with Gasteiger partial charge in [0.25, 0.3) is 11.5 Å². The van der Waals surface area contributed by atoms with Crippen LogP contribution >= 0.6 is 15.9 Å². The van der Waals surface area contributed by atoms with Gasteiger partial charge in [0.15, 0.2) is 0 Å². The molecule has 0 fully saturated rings. The molecule has 0 spiro atoms. The summed E-state index contributed by atoms with van der Waals surface area (Å²) in [6, 6.07) is 11.0. The normalized spacial score (nSPS) is 10.8. The van der Waals surface area contributed by atoms with Gasteiger partial charge in [-0.25, -0.2) is 4.98 Å². The standard InChI is InChI=1S/C17H15BrN4O2/c18-13-8-14(17(24)22(10-13)6-5-19)16(23)21-15-7-11-3-1-2-4-12(11)9-20-15/h1-4,7-10H,5-6,19H2,(H,20,21,23). The van der Waals surface area contributed by atoms with Crippen molar-refractivity contribution in [1.82, 2.24) is 9.55 Å². The summed E-state index contributed by atoms with van der Waals surface area (Å²) in [6.45, 7) is 0.649. The number of nitrogens with two attached hydrogens (primary N) is 1. The minimum Gasteiger partial charge on any atom is -0.329 e. The first-order chi connectivity index (χ1) is 11.6. The third kappa shape index (κ3) is 3.37. The Bertz CT molecular complexity index is 968. The van der Waals surface area contributed by atoms with Crippen LogP contribution in [0.2, 0.25) is 0 Å². The lowest BCUT2D eigenvalue weighted by Gasteiger charge is -2.09. The van der Waals surface area contributed by atoms with Crippen LogP contribution in [0.1, 0.15) is 10.4 Å². The number of anilines is 1. The van der Waals surface area contributed by atoms with Crippen molar-refractivity contribution in [1.29, 1.82) is 0 Å². The maximum atomic E-state index is 12.5. The number of benzene rings is 1. The van der Waals surface area contributed by atoms with Gasteiger partial charge in [0.05, 0.1) is 0 Å². The van der Waals surface area contributed by atoms with Gasteiger partial charge in [0.1, 0.15) is 11.4 Å². The summed E-state index contributed by atoms with van der Waals surface area (Å²) in [6.07, 6.45) is 3.29. The molecule has 6 nitrogen and oxygen atoms in total. The zero-order chi connectivity index (χ0) is 17.1. The second-order valence-electron chi connectivity index (χ2n) is 5.23. The highest BCUT2D eigenvalue weighted by Crippen LogP contribution is 2.17. The maximum Gasteiger partial charge on any atom is 0.263 e. The number of fused-ring (bicyclic) bond motifs is 1. The van der Waals surface area contributed by atoms with Crippen LogP contribution < -0.4 is 16.6 Å². The van der Waals surface area contributed by atoms with Crippen LogP contribution in [0.3, 0.4) is 0 Å². The summed E-state index contributed by atoms with van der Waals surface area (Å²) >= 11 is 3.31. The number of halogens is 1. The predicted octanol–water partition coefficient (Wildman–Crippen LogP) is 2.37. The third-order valence-corrected chi connectivity index (χ3v) is 3.97. The first-order valence-electron chi connectivity index (χ1n) is 7.34. The number of nitrogens with one attached hydrogen (secondary N) is 1. The van der Waals surface area contributed by atoms with E-state index < -0.39 is 5.91 Å². The Morgan fingerprint density at radius 3 is 2.75 bits per heavy atom. The maximum absolute atomic E-state index is 12.5. The largest absolute Gasteiger partial charge is 0.329 e. The molecule has 0 bridgehead atoms. The van der Waals surface area contributed by atoms with E-state index in [0.29, 0.717) is 23.4 Å². The van der Waals surface area contributed by atoms with Crippen molar-refractivity contribution in [3.05, 3.63) is 69.2 Å². The Labute approximate surface area is 146 Å². The summed E-state index contributed by atoms with van der Waals surface area (Å²) in [5, 5.41) is 4.60. The zero-order valence-corrected chi connectivity index (χ0v) is 14.3. The van der Waals surface area contributed by atoms with Gasteiger partial charge in [0, 0.05) is 35.3 Å². The predicted molar refractivity (Wildman–Crippen MR) is 97.2 cm³/mol. The molecule has 0 aliphatic heterocycles. The second-order valence-corrected chi connectivity index (χ2v) is 6.15. The fourth-order valence-electron chi connectivity index (χ4n) is 2.40.